The van der Waals surface area contributed by atoms with E-state index >= 15 is 0 Å². The number of para-hydroxylation sites is 1. The Morgan fingerprint density at radius 2 is 2.40 bits per heavy atom. The predicted octanol–water partition coefficient (Wildman–Crippen LogP) is 2.59. The summed E-state index contributed by atoms with van der Waals surface area (Å²) in [5, 5.41) is 1.28. The number of rotatable bonds is 1. The second-order valence-corrected chi connectivity index (χ2v) is 4.27. The average molecular weight is 202 g/mol. The molecule has 1 atom stereocenters. The van der Waals surface area contributed by atoms with Crippen LogP contribution in [-0.4, -0.2) is 30.0 Å². The highest BCUT2D eigenvalue weighted by atomic mass is 15.1. The average Bonchev–Trinajstić information content (AvgIpc) is 2.95. The van der Waals surface area contributed by atoms with E-state index < -0.39 is 7.00 Å². The maximum Gasteiger partial charge on any atom is 0.0456 e. The Morgan fingerprint density at radius 1 is 1.47 bits per heavy atom. The largest absolute Gasteiger partial charge is 0.361 e. The predicted molar refractivity (Wildman–Crippen MR) is 63.2 cm³/mol. The van der Waals surface area contributed by atoms with Crippen molar-refractivity contribution in [1.29, 1.82) is 0 Å². The standard InChI is InChI=1S/C13H16N2/c1-15-7-6-10(9-15)12-8-14-13-5-3-2-4-11(12)13/h2-5,8,10,14H,6-7,9H2,1H3/i1D2. The first-order valence-electron chi connectivity index (χ1n) is 6.56. The van der Waals surface area contributed by atoms with E-state index in [0.29, 0.717) is 5.92 Å². The molecule has 15 heavy (non-hydrogen) atoms. The van der Waals surface area contributed by atoms with Crippen molar-refractivity contribution in [1.82, 2.24) is 9.88 Å². The van der Waals surface area contributed by atoms with Gasteiger partial charge in [-0.2, -0.15) is 0 Å². The smallest absolute Gasteiger partial charge is 0.0456 e. The molecule has 2 aromatic rings. The highest BCUT2D eigenvalue weighted by Gasteiger charge is 2.23. The van der Waals surface area contributed by atoms with Gasteiger partial charge in [-0.25, -0.2) is 0 Å². The molecule has 1 aromatic heterocycles. The molecule has 78 valence electrons. The molecule has 1 saturated heterocycles. The van der Waals surface area contributed by atoms with Gasteiger partial charge in [-0.1, -0.05) is 18.2 Å². The van der Waals surface area contributed by atoms with Crippen molar-refractivity contribution in [2.45, 2.75) is 12.3 Å². The van der Waals surface area contributed by atoms with E-state index in [-0.39, 0.29) is 0 Å². The number of nitrogens with zero attached hydrogens (tertiary/aromatic N) is 1. The van der Waals surface area contributed by atoms with Crippen LogP contribution in [0, 0.1) is 0 Å². The lowest BCUT2D eigenvalue weighted by molar-refractivity contribution is 0.412. The summed E-state index contributed by atoms with van der Waals surface area (Å²) in [6, 6.07) is 8.32. The summed E-state index contributed by atoms with van der Waals surface area (Å²) in [4.78, 5) is 5.21. The number of fused-ring (bicyclic) bond motifs is 1. The molecular weight excluding hydrogens is 184 g/mol. The summed E-state index contributed by atoms with van der Waals surface area (Å²) < 4.78 is 14.9. The van der Waals surface area contributed by atoms with Crippen molar-refractivity contribution in [2.24, 2.45) is 0 Å². The van der Waals surface area contributed by atoms with E-state index in [1.807, 2.05) is 11.0 Å². The first-order valence-corrected chi connectivity index (χ1v) is 5.40. The molecule has 2 nitrogen and oxygen atoms in total. The van der Waals surface area contributed by atoms with E-state index in [0.717, 1.165) is 19.5 Å². The summed E-state index contributed by atoms with van der Waals surface area (Å²) >= 11 is 0. The molecule has 2 heterocycles. The van der Waals surface area contributed by atoms with Crippen molar-refractivity contribution >= 4 is 10.9 Å². The zero-order valence-corrected chi connectivity index (χ0v) is 8.61. The second-order valence-electron chi connectivity index (χ2n) is 4.27. The molecule has 1 aliphatic heterocycles. The van der Waals surface area contributed by atoms with E-state index in [1.54, 1.807) is 0 Å². The van der Waals surface area contributed by atoms with E-state index in [4.69, 9.17) is 2.74 Å². The third-order valence-corrected chi connectivity index (χ3v) is 3.28. The molecule has 0 spiro atoms. The van der Waals surface area contributed by atoms with Gasteiger partial charge in [0.2, 0.25) is 0 Å². The maximum atomic E-state index is 7.44. The van der Waals surface area contributed by atoms with Gasteiger partial charge in [0.1, 0.15) is 0 Å². The van der Waals surface area contributed by atoms with Crippen molar-refractivity contribution in [3.05, 3.63) is 36.0 Å². The van der Waals surface area contributed by atoms with E-state index in [2.05, 4.69) is 29.4 Å². The van der Waals surface area contributed by atoms with Crippen LogP contribution in [0.15, 0.2) is 30.5 Å². The molecule has 2 heteroatoms. The molecule has 1 aliphatic rings. The molecule has 0 aliphatic carbocycles. The number of hydrogen-bond donors (Lipinski definition) is 1. The maximum absolute atomic E-state index is 7.44. The fourth-order valence-corrected chi connectivity index (χ4v) is 2.47. The SMILES string of the molecule is [2H]C([2H])N1CCC(c2c[nH]c3ccccc23)C1. The van der Waals surface area contributed by atoms with Crippen LogP contribution in [0.5, 0.6) is 0 Å². The minimum atomic E-state index is -0.829. The zero-order chi connectivity index (χ0) is 11.8. The summed E-state index contributed by atoms with van der Waals surface area (Å²) in [6.07, 6.45) is 3.14. The molecule has 0 radical (unpaired) electrons. The summed E-state index contributed by atoms with van der Waals surface area (Å²) in [7, 11) is 0. The molecule has 1 aromatic carbocycles. The number of likely N-dealkylation sites (tertiary alicyclic amines) is 1. The fourth-order valence-electron chi connectivity index (χ4n) is 2.47. The van der Waals surface area contributed by atoms with Crippen LogP contribution >= 0.6 is 0 Å². The highest BCUT2D eigenvalue weighted by Crippen LogP contribution is 2.31. The van der Waals surface area contributed by atoms with Gasteiger partial charge in [-0.05, 0) is 37.5 Å². The van der Waals surface area contributed by atoms with Gasteiger partial charge < -0.3 is 9.88 Å². The number of aromatic nitrogens is 1. The lowest BCUT2D eigenvalue weighted by atomic mass is 9.98. The van der Waals surface area contributed by atoms with Gasteiger partial charge in [-0.3, -0.25) is 0 Å². The minimum absolute atomic E-state index is 0.462. The van der Waals surface area contributed by atoms with Gasteiger partial charge >= 0.3 is 0 Å². The van der Waals surface area contributed by atoms with Crippen molar-refractivity contribution in [3.8, 4) is 0 Å². The minimum Gasteiger partial charge on any atom is -0.361 e. The Morgan fingerprint density at radius 3 is 3.27 bits per heavy atom. The Balaban J connectivity index is 1.90. The van der Waals surface area contributed by atoms with Crippen LogP contribution in [-0.2, 0) is 0 Å². The quantitative estimate of drug-likeness (QED) is 0.753. The molecule has 1 fully saturated rings. The number of aromatic amines is 1. The molecule has 1 N–H and O–H groups in total. The Bertz CT molecular complexity index is 521. The van der Waals surface area contributed by atoms with Gasteiger partial charge in [-0.15, -0.1) is 0 Å². The summed E-state index contributed by atoms with van der Waals surface area (Å²) in [5.74, 6) is 0.462. The Labute approximate surface area is 92.7 Å². The molecule has 0 saturated carbocycles. The van der Waals surface area contributed by atoms with Crippen molar-refractivity contribution < 1.29 is 2.74 Å². The van der Waals surface area contributed by atoms with Crippen LogP contribution in [0.3, 0.4) is 0 Å². The lowest BCUT2D eigenvalue weighted by Gasteiger charge is -2.09. The third kappa shape index (κ3) is 1.45. The third-order valence-electron chi connectivity index (χ3n) is 3.28. The fraction of sp³-hybridized carbons (Fsp3) is 0.385. The van der Waals surface area contributed by atoms with Crippen LogP contribution in [0.1, 0.15) is 20.6 Å². The van der Waals surface area contributed by atoms with Gasteiger partial charge in [0.15, 0.2) is 0 Å². The second kappa shape index (κ2) is 3.38. The van der Waals surface area contributed by atoms with Crippen LogP contribution in [0.25, 0.3) is 10.9 Å². The number of benzene rings is 1. The summed E-state index contributed by atoms with van der Waals surface area (Å²) in [6.45, 7) is 0.867. The van der Waals surface area contributed by atoms with Crippen molar-refractivity contribution in [3.63, 3.8) is 0 Å². The van der Waals surface area contributed by atoms with Gasteiger partial charge in [0, 0.05) is 26.4 Å². The normalized spacial score (nSPS) is 24.7. The number of hydrogen-bond acceptors (Lipinski definition) is 1. The van der Waals surface area contributed by atoms with Gasteiger partial charge in [0.05, 0.1) is 0 Å². The van der Waals surface area contributed by atoms with Crippen LogP contribution in [0.2, 0.25) is 0 Å². The van der Waals surface area contributed by atoms with E-state index in [1.165, 1.54) is 16.5 Å². The van der Waals surface area contributed by atoms with Crippen LogP contribution < -0.4 is 0 Å². The van der Waals surface area contributed by atoms with E-state index in [9.17, 15) is 0 Å². The number of H-pyrrole nitrogens is 1. The molecular formula is C13H16N2. The van der Waals surface area contributed by atoms with Gasteiger partial charge in [0.25, 0.3) is 0 Å². The van der Waals surface area contributed by atoms with Crippen molar-refractivity contribution in [2.75, 3.05) is 20.1 Å². The Hall–Kier alpha value is -1.28. The lowest BCUT2D eigenvalue weighted by Crippen LogP contribution is -2.13. The molecule has 0 bridgehead atoms. The first kappa shape index (κ1) is 7.07. The number of nitrogens with one attached hydrogen (secondary N) is 1. The topological polar surface area (TPSA) is 19.0 Å². The molecule has 1 unspecified atom stereocenters. The molecule has 0 amide bonds. The summed E-state index contributed by atoms with van der Waals surface area (Å²) in [5.41, 5.74) is 2.51. The zero-order valence-electron chi connectivity index (χ0n) is 10.6. The first-order chi connectivity index (χ1) is 8.25. The highest BCUT2D eigenvalue weighted by molar-refractivity contribution is 5.83. The van der Waals surface area contributed by atoms with Crippen LogP contribution in [0.4, 0.5) is 0 Å². The number of likely N-dealkylation sites (N-methyl/N-ethyl adjacent to an activating group) is 1. The monoisotopic (exact) mass is 202 g/mol. The molecule has 3 rings (SSSR count). The Kier molecular flexibility index (Phi) is 1.60.